The number of hydrogen-bond donors (Lipinski definition) is 3. The summed E-state index contributed by atoms with van der Waals surface area (Å²) < 4.78 is 0. The Balaban J connectivity index is 1.92. The Morgan fingerprint density at radius 3 is 2.71 bits per heavy atom. The Kier molecular flexibility index (Phi) is 6.28. The van der Waals surface area contributed by atoms with Gasteiger partial charge >= 0.3 is 5.97 Å². The fourth-order valence-electron chi connectivity index (χ4n) is 2.05. The molecule has 0 unspecified atom stereocenters. The van der Waals surface area contributed by atoms with Crippen LogP contribution in [0.15, 0.2) is 42.6 Å². The molecule has 0 aliphatic carbocycles. The van der Waals surface area contributed by atoms with Crippen molar-refractivity contribution in [3.8, 4) is 0 Å². The number of carbonyl (C=O) groups excluding carboxylic acids is 1. The Morgan fingerprint density at radius 1 is 1.29 bits per heavy atom. The van der Waals surface area contributed by atoms with Gasteiger partial charge < -0.3 is 10.4 Å². The Bertz CT molecular complexity index is 722. The maximum absolute atomic E-state index is 12.1. The minimum Gasteiger partial charge on any atom is -0.480 e. The van der Waals surface area contributed by atoms with E-state index >= 15 is 0 Å². The van der Waals surface area contributed by atoms with Gasteiger partial charge in [0.2, 0.25) is 5.91 Å². The van der Waals surface area contributed by atoms with Gasteiger partial charge in [0.25, 0.3) is 0 Å². The van der Waals surface area contributed by atoms with Gasteiger partial charge in [-0.25, -0.2) is 0 Å². The van der Waals surface area contributed by atoms with Gasteiger partial charge in [-0.2, -0.15) is 0 Å². The molecule has 2 aromatic rings. The number of nitrogens with one attached hydrogen (secondary N) is 2. The summed E-state index contributed by atoms with van der Waals surface area (Å²) >= 11 is 6.01. The van der Waals surface area contributed by atoms with Gasteiger partial charge in [0.1, 0.15) is 6.04 Å². The van der Waals surface area contributed by atoms with E-state index in [1.807, 2.05) is 13.0 Å². The van der Waals surface area contributed by atoms with Gasteiger partial charge in [-0.1, -0.05) is 23.7 Å². The number of aliphatic carboxylic acids is 1. The molecule has 0 fully saturated rings. The molecule has 0 aliphatic rings. The van der Waals surface area contributed by atoms with Crippen LogP contribution in [0.2, 0.25) is 5.02 Å². The van der Waals surface area contributed by atoms with Crippen LogP contribution in [-0.4, -0.2) is 28.0 Å². The molecule has 1 atom stereocenters. The first-order valence-corrected chi connectivity index (χ1v) is 7.75. The van der Waals surface area contributed by atoms with Gasteiger partial charge in [-0.3, -0.25) is 19.9 Å². The van der Waals surface area contributed by atoms with E-state index in [1.165, 1.54) is 0 Å². The van der Waals surface area contributed by atoms with E-state index < -0.39 is 17.9 Å². The number of carboxylic acids is 1. The molecular weight excluding hydrogens is 330 g/mol. The number of amides is 1. The first-order chi connectivity index (χ1) is 11.5. The molecule has 1 aromatic carbocycles. The van der Waals surface area contributed by atoms with E-state index in [0.717, 1.165) is 5.56 Å². The number of nitrogens with zero attached hydrogens (tertiary/aromatic N) is 1. The lowest BCUT2D eigenvalue weighted by Crippen LogP contribution is -2.39. The van der Waals surface area contributed by atoms with Crippen LogP contribution >= 0.6 is 11.6 Å². The van der Waals surface area contributed by atoms with E-state index in [0.29, 0.717) is 16.4 Å². The Hall–Kier alpha value is -2.44. The van der Waals surface area contributed by atoms with Crippen molar-refractivity contribution in [2.45, 2.75) is 25.9 Å². The third-order valence-electron chi connectivity index (χ3n) is 3.40. The van der Waals surface area contributed by atoms with Crippen LogP contribution in [0.3, 0.4) is 0 Å². The first-order valence-electron chi connectivity index (χ1n) is 7.38. The first kappa shape index (κ1) is 17.9. The minimum atomic E-state index is -1.09. The molecular formula is C17H18ClN3O3. The van der Waals surface area contributed by atoms with E-state index in [2.05, 4.69) is 15.6 Å². The highest BCUT2D eigenvalue weighted by molar-refractivity contribution is 6.31. The van der Waals surface area contributed by atoms with Crippen LogP contribution in [0.5, 0.6) is 0 Å². The van der Waals surface area contributed by atoms with Crippen LogP contribution in [0.1, 0.15) is 17.7 Å². The fourth-order valence-corrected chi connectivity index (χ4v) is 2.23. The maximum atomic E-state index is 12.1. The minimum absolute atomic E-state index is 0.201. The Morgan fingerprint density at radius 2 is 2.08 bits per heavy atom. The molecule has 0 saturated heterocycles. The van der Waals surface area contributed by atoms with Crippen LogP contribution in [0.4, 0.5) is 5.69 Å². The van der Waals surface area contributed by atoms with Crippen molar-refractivity contribution in [3.05, 3.63) is 58.9 Å². The zero-order valence-corrected chi connectivity index (χ0v) is 13.9. The van der Waals surface area contributed by atoms with Crippen LogP contribution in [0, 0.1) is 6.92 Å². The maximum Gasteiger partial charge on any atom is 0.321 e. The lowest BCUT2D eigenvalue weighted by atomic mass is 10.1. The van der Waals surface area contributed by atoms with Gasteiger partial charge in [-0.15, -0.1) is 0 Å². The average Bonchev–Trinajstić information content (AvgIpc) is 2.55. The zero-order valence-electron chi connectivity index (χ0n) is 13.1. The highest BCUT2D eigenvalue weighted by Crippen LogP contribution is 2.20. The van der Waals surface area contributed by atoms with Gasteiger partial charge in [0.05, 0.1) is 12.1 Å². The summed E-state index contributed by atoms with van der Waals surface area (Å²) in [6, 6.07) is 9.49. The van der Waals surface area contributed by atoms with Crippen molar-refractivity contribution in [2.75, 3.05) is 5.32 Å². The summed E-state index contributed by atoms with van der Waals surface area (Å²) in [6.45, 7) is 2.12. The summed E-state index contributed by atoms with van der Waals surface area (Å²) in [4.78, 5) is 27.5. The number of pyridine rings is 1. The second-order valence-electron chi connectivity index (χ2n) is 5.31. The smallest absolute Gasteiger partial charge is 0.321 e. The normalized spacial score (nSPS) is 11.8. The molecule has 126 valence electrons. The number of rotatable bonds is 7. The quantitative estimate of drug-likeness (QED) is 0.716. The number of benzene rings is 1. The highest BCUT2D eigenvalue weighted by atomic mass is 35.5. The van der Waals surface area contributed by atoms with Gasteiger partial charge in [-0.05, 0) is 36.8 Å². The number of anilines is 1. The molecule has 1 amide bonds. The zero-order chi connectivity index (χ0) is 17.5. The van der Waals surface area contributed by atoms with Gasteiger partial charge in [0, 0.05) is 23.5 Å². The van der Waals surface area contributed by atoms with Crippen LogP contribution in [0.25, 0.3) is 0 Å². The number of carbonyl (C=O) groups is 2. The van der Waals surface area contributed by atoms with E-state index in [9.17, 15) is 14.7 Å². The molecule has 6 nitrogen and oxygen atoms in total. The molecule has 24 heavy (non-hydrogen) atoms. The SMILES string of the molecule is Cc1ccc(NC(=O)C[C@@H](NCc2ccccn2)C(=O)O)cc1Cl. The Labute approximate surface area is 144 Å². The second kappa shape index (κ2) is 8.42. The summed E-state index contributed by atoms with van der Waals surface area (Å²) in [7, 11) is 0. The molecule has 0 aliphatic heterocycles. The molecule has 1 heterocycles. The van der Waals surface area contributed by atoms with Crippen molar-refractivity contribution in [1.29, 1.82) is 0 Å². The van der Waals surface area contributed by atoms with Crippen molar-refractivity contribution >= 4 is 29.2 Å². The molecule has 2 rings (SSSR count). The van der Waals surface area contributed by atoms with E-state index in [1.54, 1.807) is 36.5 Å². The molecule has 1 aromatic heterocycles. The summed E-state index contributed by atoms with van der Waals surface area (Å²) in [5, 5.41) is 15.3. The summed E-state index contributed by atoms with van der Waals surface area (Å²) in [5.74, 6) is -1.50. The van der Waals surface area contributed by atoms with Crippen LogP contribution < -0.4 is 10.6 Å². The lowest BCUT2D eigenvalue weighted by molar-refractivity contribution is -0.141. The molecule has 0 radical (unpaired) electrons. The third-order valence-corrected chi connectivity index (χ3v) is 3.81. The topological polar surface area (TPSA) is 91.3 Å². The van der Waals surface area contributed by atoms with Crippen molar-refractivity contribution in [1.82, 2.24) is 10.3 Å². The second-order valence-corrected chi connectivity index (χ2v) is 5.72. The lowest BCUT2D eigenvalue weighted by Gasteiger charge is -2.14. The fraction of sp³-hybridized carbons (Fsp3) is 0.235. The monoisotopic (exact) mass is 347 g/mol. The third kappa shape index (κ3) is 5.33. The number of carboxylic acid groups (broad SMARTS) is 1. The van der Waals surface area contributed by atoms with Crippen molar-refractivity contribution < 1.29 is 14.7 Å². The van der Waals surface area contributed by atoms with Crippen molar-refractivity contribution in [2.24, 2.45) is 0 Å². The average molecular weight is 348 g/mol. The molecule has 0 bridgehead atoms. The standard InChI is InChI=1S/C17H18ClN3O3/c1-11-5-6-12(8-14(11)18)21-16(22)9-15(17(23)24)20-10-13-4-2-3-7-19-13/h2-8,15,20H,9-10H2,1H3,(H,21,22)(H,23,24)/t15-/m1/s1. The molecule has 3 N–H and O–H groups in total. The largest absolute Gasteiger partial charge is 0.480 e. The predicted octanol–water partition coefficient (Wildman–Crippen LogP) is 2.62. The summed E-state index contributed by atoms with van der Waals surface area (Å²) in [6.07, 6.45) is 1.42. The van der Waals surface area contributed by atoms with Gasteiger partial charge in [0.15, 0.2) is 0 Å². The highest BCUT2D eigenvalue weighted by Gasteiger charge is 2.21. The number of hydrogen-bond acceptors (Lipinski definition) is 4. The van der Waals surface area contributed by atoms with E-state index in [-0.39, 0.29) is 13.0 Å². The molecule has 0 saturated carbocycles. The molecule has 0 spiro atoms. The van der Waals surface area contributed by atoms with Crippen LogP contribution in [-0.2, 0) is 16.1 Å². The number of aryl methyl sites for hydroxylation is 1. The predicted molar refractivity (Wildman–Crippen MR) is 91.9 cm³/mol. The summed E-state index contributed by atoms with van der Waals surface area (Å²) in [5.41, 5.74) is 2.13. The number of halogens is 1. The van der Waals surface area contributed by atoms with E-state index in [4.69, 9.17) is 11.6 Å². The molecule has 7 heteroatoms. The van der Waals surface area contributed by atoms with Crippen molar-refractivity contribution in [3.63, 3.8) is 0 Å². The number of aromatic nitrogens is 1.